The molecule has 1 aromatic carbocycles. The molecule has 1 N–H and O–H groups in total. The summed E-state index contributed by atoms with van der Waals surface area (Å²) >= 11 is 0. The van der Waals surface area contributed by atoms with E-state index < -0.39 is 5.54 Å². The molecule has 0 unspecified atom stereocenters. The van der Waals surface area contributed by atoms with Crippen molar-refractivity contribution in [2.75, 3.05) is 46.4 Å². The third-order valence-electron chi connectivity index (χ3n) is 5.96. The first-order valence-corrected chi connectivity index (χ1v) is 10.1. The van der Waals surface area contributed by atoms with E-state index in [1.165, 1.54) is 0 Å². The van der Waals surface area contributed by atoms with E-state index in [-0.39, 0.29) is 24.2 Å². The summed E-state index contributed by atoms with van der Waals surface area (Å²) in [5.41, 5.74) is 0.00800. The van der Waals surface area contributed by atoms with Gasteiger partial charge in [-0.2, -0.15) is 5.10 Å². The summed E-state index contributed by atoms with van der Waals surface area (Å²) in [6, 6.07) is 9.00. The zero-order valence-corrected chi connectivity index (χ0v) is 17.9. The van der Waals surface area contributed by atoms with Crippen molar-refractivity contribution in [3.05, 3.63) is 48.3 Å². The first kappa shape index (κ1) is 22.1. The first-order valence-electron chi connectivity index (χ1n) is 10.1. The minimum absolute atomic E-state index is 0. The minimum Gasteiger partial charge on any atom is -0.497 e. The van der Waals surface area contributed by atoms with Gasteiger partial charge in [0, 0.05) is 44.1 Å². The number of carbonyl (C=O) groups excluding carboxylic acids is 2. The lowest BCUT2D eigenvalue weighted by molar-refractivity contribution is -0.144. The van der Waals surface area contributed by atoms with Crippen molar-refractivity contribution in [3.8, 4) is 5.75 Å². The molecule has 2 saturated heterocycles. The van der Waals surface area contributed by atoms with Crippen molar-refractivity contribution in [2.45, 2.75) is 18.4 Å². The average molecular weight is 434 g/mol. The molecule has 2 aromatic rings. The minimum atomic E-state index is -0.628. The molecule has 0 spiro atoms. The summed E-state index contributed by atoms with van der Waals surface area (Å²) in [6.45, 7) is 3.73. The third kappa shape index (κ3) is 4.15. The molecule has 1 aromatic heterocycles. The quantitative estimate of drug-likeness (QED) is 0.788. The predicted molar refractivity (Wildman–Crippen MR) is 115 cm³/mol. The molecule has 8 nitrogen and oxygen atoms in total. The number of nitrogens with zero attached hydrogens (tertiary/aromatic N) is 4. The highest BCUT2D eigenvalue weighted by atomic mass is 35.5. The fraction of sp³-hybridized carbons (Fsp3) is 0.476. The van der Waals surface area contributed by atoms with E-state index in [1.54, 1.807) is 37.6 Å². The molecule has 2 fully saturated rings. The number of benzene rings is 1. The Morgan fingerprint density at radius 2 is 1.67 bits per heavy atom. The molecule has 2 aliphatic heterocycles. The molecule has 0 aliphatic carbocycles. The third-order valence-corrected chi connectivity index (χ3v) is 5.96. The van der Waals surface area contributed by atoms with Gasteiger partial charge < -0.3 is 19.9 Å². The molecule has 2 amide bonds. The molecule has 0 atom stereocenters. The zero-order valence-electron chi connectivity index (χ0n) is 17.1. The number of piperazine rings is 1. The normalized spacial score (nSPS) is 18.4. The fourth-order valence-electron chi connectivity index (χ4n) is 4.23. The molecule has 3 heterocycles. The number of hydrogen-bond donors (Lipinski definition) is 1. The van der Waals surface area contributed by atoms with Crippen molar-refractivity contribution in [2.24, 2.45) is 0 Å². The van der Waals surface area contributed by atoms with Gasteiger partial charge in [-0.15, -0.1) is 12.4 Å². The summed E-state index contributed by atoms with van der Waals surface area (Å²) < 4.78 is 6.98. The van der Waals surface area contributed by atoms with Crippen LogP contribution < -0.4 is 10.1 Å². The maximum Gasteiger partial charge on any atom is 0.253 e. The highest BCUT2D eigenvalue weighted by Crippen LogP contribution is 2.30. The maximum atomic E-state index is 13.5. The molecular weight excluding hydrogens is 406 g/mol. The number of rotatable bonds is 4. The number of amides is 2. The van der Waals surface area contributed by atoms with Gasteiger partial charge in [-0.25, -0.2) is 0 Å². The van der Waals surface area contributed by atoms with E-state index in [2.05, 4.69) is 10.4 Å². The Kier molecular flexibility index (Phi) is 6.99. The van der Waals surface area contributed by atoms with E-state index in [0.717, 1.165) is 31.7 Å². The molecule has 162 valence electrons. The monoisotopic (exact) mass is 433 g/mol. The van der Waals surface area contributed by atoms with Crippen LogP contribution in [0.2, 0.25) is 0 Å². The number of nitrogens with one attached hydrogen (secondary N) is 1. The van der Waals surface area contributed by atoms with Gasteiger partial charge in [0.05, 0.1) is 7.11 Å². The second-order valence-corrected chi connectivity index (χ2v) is 7.55. The summed E-state index contributed by atoms with van der Waals surface area (Å²) in [5.74, 6) is 0.825. The topological polar surface area (TPSA) is 79.7 Å². The van der Waals surface area contributed by atoms with Crippen LogP contribution in [0.1, 0.15) is 23.2 Å². The highest BCUT2D eigenvalue weighted by Gasteiger charge is 2.45. The van der Waals surface area contributed by atoms with Gasteiger partial charge in [0.2, 0.25) is 0 Å². The molecule has 9 heteroatoms. The lowest BCUT2D eigenvalue weighted by Gasteiger charge is -2.43. The van der Waals surface area contributed by atoms with E-state index in [9.17, 15) is 9.59 Å². The van der Waals surface area contributed by atoms with Crippen LogP contribution in [0, 0.1) is 0 Å². The first-order chi connectivity index (χ1) is 14.1. The number of ether oxygens (including phenoxy) is 1. The van der Waals surface area contributed by atoms with Crippen LogP contribution >= 0.6 is 12.4 Å². The Balaban J connectivity index is 0.00000256. The van der Waals surface area contributed by atoms with Gasteiger partial charge in [-0.05, 0) is 56.3 Å². The smallest absolute Gasteiger partial charge is 0.253 e. The van der Waals surface area contributed by atoms with Gasteiger partial charge in [0.15, 0.2) is 0 Å². The average Bonchev–Trinajstić information content (AvgIpc) is 3.34. The summed E-state index contributed by atoms with van der Waals surface area (Å²) in [5, 5.41) is 7.73. The molecule has 0 saturated carbocycles. The fourth-order valence-corrected chi connectivity index (χ4v) is 4.23. The Morgan fingerprint density at radius 3 is 2.23 bits per heavy atom. The van der Waals surface area contributed by atoms with Crippen LogP contribution in [0.15, 0.2) is 42.7 Å². The van der Waals surface area contributed by atoms with Gasteiger partial charge in [0.25, 0.3) is 11.8 Å². The standard InChI is InChI=1S/C21H27N5O3.ClH/c1-29-18-5-3-17(4-6-18)19(27)24-13-15-25(16-14-24)20(28)21(7-10-22-11-8-21)26-12-2-9-23-26;/h2-6,9,12,22H,7-8,10-11,13-16H2,1H3;1H. The Morgan fingerprint density at radius 1 is 1.03 bits per heavy atom. The lowest BCUT2D eigenvalue weighted by Crippen LogP contribution is -2.59. The van der Waals surface area contributed by atoms with Crippen molar-refractivity contribution in [1.29, 1.82) is 0 Å². The van der Waals surface area contributed by atoms with Gasteiger partial charge >= 0.3 is 0 Å². The van der Waals surface area contributed by atoms with Crippen molar-refractivity contribution < 1.29 is 14.3 Å². The van der Waals surface area contributed by atoms with Crippen LogP contribution in [0.5, 0.6) is 5.75 Å². The lowest BCUT2D eigenvalue weighted by atomic mass is 9.86. The molecular formula is C21H28ClN5O3. The van der Waals surface area contributed by atoms with Crippen molar-refractivity contribution in [1.82, 2.24) is 24.9 Å². The molecule has 0 bridgehead atoms. The van der Waals surface area contributed by atoms with E-state index in [4.69, 9.17) is 4.74 Å². The summed E-state index contributed by atoms with van der Waals surface area (Å²) in [4.78, 5) is 30.0. The van der Waals surface area contributed by atoms with Crippen LogP contribution in [0.25, 0.3) is 0 Å². The van der Waals surface area contributed by atoms with Crippen LogP contribution in [0.4, 0.5) is 0 Å². The maximum absolute atomic E-state index is 13.5. The number of piperidine rings is 1. The number of hydrogen-bond acceptors (Lipinski definition) is 5. The SMILES string of the molecule is COc1ccc(C(=O)N2CCN(C(=O)C3(n4cccn4)CCNCC3)CC2)cc1.Cl. The van der Waals surface area contributed by atoms with E-state index in [1.807, 2.05) is 26.7 Å². The Hall–Kier alpha value is -2.58. The number of methoxy groups -OCH3 is 1. The molecule has 30 heavy (non-hydrogen) atoms. The number of halogens is 1. The number of carbonyl (C=O) groups is 2. The predicted octanol–water partition coefficient (Wildman–Crippen LogP) is 1.38. The van der Waals surface area contributed by atoms with Crippen molar-refractivity contribution >= 4 is 24.2 Å². The van der Waals surface area contributed by atoms with Gasteiger partial charge in [-0.3, -0.25) is 14.3 Å². The molecule has 0 radical (unpaired) electrons. The van der Waals surface area contributed by atoms with Crippen LogP contribution in [-0.2, 0) is 10.3 Å². The summed E-state index contributed by atoms with van der Waals surface area (Å²) in [7, 11) is 1.60. The van der Waals surface area contributed by atoms with E-state index >= 15 is 0 Å². The Labute approximate surface area is 182 Å². The second kappa shape index (κ2) is 9.49. The van der Waals surface area contributed by atoms with Gasteiger partial charge in [-0.1, -0.05) is 0 Å². The largest absolute Gasteiger partial charge is 0.497 e. The van der Waals surface area contributed by atoms with Crippen LogP contribution in [-0.4, -0.2) is 77.8 Å². The molecule has 2 aliphatic rings. The van der Waals surface area contributed by atoms with E-state index in [0.29, 0.717) is 31.7 Å². The number of aromatic nitrogens is 2. The van der Waals surface area contributed by atoms with Crippen molar-refractivity contribution in [3.63, 3.8) is 0 Å². The summed E-state index contributed by atoms with van der Waals surface area (Å²) in [6.07, 6.45) is 5.05. The highest BCUT2D eigenvalue weighted by molar-refractivity contribution is 5.94. The molecule has 4 rings (SSSR count). The Bertz CT molecular complexity index is 842. The second-order valence-electron chi connectivity index (χ2n) is 7.55. The zero-order chi connectivity index (χ0) is 20.3. The van der Waals surface area contributed by atoms with Gasteiger partial charge in [0.1, 0.15) is 11.3 Å². The van der Waals surface area contributed by atoms with Crippen LogP contribution in [0.3, 0.4) is 0 Å².